The van der Waals surface area contributed by atoms with Gasteiger partial charge in [0.15, 0.2) is 5.96 Å². The molecule has 21 heavy (non-hydrogen) atoms. The Morgan fingerprint density at radius 2 is 1.90 bits per heavy atom. The maximum absolute atomic E-state index is 5.60. The molecular formula is C16H32IN3O. The highest BCUT2D eigenvalue weighted by Gasteiger charge is 2.15. The summed E-state index contributed by atoms with van der Waals surface area (Å²) in [6.07, 6.45) is 12.6. The van der Waals surface area contributed by atoms with Crippen molar-refractivity contribution in [2.75, 3.05) is 26.7 Å². The van der Waals surface area contributed by atoms with E-state index < -0.39 is 0 Å². The molecule has 0 aromatic carbocycles. The van der Waals surface area contributed by atoms with Gasteiger partial charge in [-0.3, -0.25) is 4.99 Å². The van der Waals surface area contributed by atoms with Gasteiger partial charge in [-0.1, -0.05) is 38.5 Å². The molecule has 0 radical (unpaired) electrons. The highest BCUT2D eigenvalue weighted by Crippen LogP contribution is 2.28. The van der Waals surface area contributed by atoms with Crippen LogP contribution in [0.25, 0.3) is 0 Å². The molecule has 4 nitrogen and oxygen atoms in total. The molecule has 2 aliphatic rings. The summed E-state index contributed by atoms with van der Waals surface area (Å²) in [7, 11) is 1.84. The number of guanidine groups is 1. The zero-order chi connectivity index (χ0) is 14.0. The number of nitrogens with zero attached hydrogens (tertiary/aromatic N) is 1. The Kier molecular flexibility index (Phi) is 10.4. The maximum Gasteiger partial charge on any atom is 0.191 e. The first kappa shape index (κ1) is 19.0. The average Bonchev–Trinajstić information content (AvgIpc) is 3.14. The SMILES string of the molecule is CN=C(NCCCCC1CCCC1)NCC1CCCO1.I. The Morgan fingerprint density at radius 1 is 1.10 bits per heavy atom. The second kappa shape index (κ2) is 11.5. The van der Waals surface area contributed by atoms with Gasteiger partial charge in [-0.2, -0.15) is 0 Å². The first-order valence-corrected chi connectivity index (χ1v) is 8.44. The molecule has 2 fully saturated rings. The summed E-state index contributed by atoms with van der Waals surface area (Å²) in [6.45, 7) is 2.82. The smallest absolute Gasteiger partial charge is 0.191 e. The van der Waals surface area contributed by atoms with E-state index in [2.05, 4.69) is 15.6 Å². The summed E-state index contributed by atoms with van der Waals surface area (Å²) in [6, 6.07) is 0. The van der Waals surface area contributed by atoms with Crippen molar-refractivity contribution in [3.8, 4) is 0 Å². The fourth-order valence-electron chi connectivity index (χ4n) is 3.30. The lowest BCUT2D eigenvalue weighted by molar-refractivity contribution is 0.114. The van der Waals surface area contributed by atoms with Crippen LogP contribution in [0.4, 0.5) is 0 Å². The lowest BCUT2D eigenvalue weighted by atomic mass is 10.0. The first-order chi connectivity index (χ1) is 9.88. The Labute approximate surface area is 146 Å². The van der Waals surface area contributed by atoms with Gasteiger partial charge in [0.2, 0.25) is 0 Å². The minimum atomic E-state index is 0. The number of hydrogen-bond donors (Lipinski definition) is 2. The Morgan fingerprint density at radius 3 is 2.57 bits per heavy atom. The number of hydrogen-bond acceptors (Lipinski definition) is 2. The molecule has 0 aromatic heterocycles. The van der Waals surface area contributed by atoms with Gasteiger partial charge in [0.25, 0.3) is 0 Å². The van der Waals surface area contributed by atoms with Crippen LogP contribution >= 0.6 is 24.0 Å². The van der Waals surface area contributed by atoms with Gasteiger partial charge in [-0.05, 0) is 25.2 Å². The average molecular weight is 409 g/mol. The van der Waals surface area contributed by atoms with Crippen LogP contribution in [0.2, 0.25) is 0 Å². The van der Waals surface area contributed by atoms with Gasteiger partial charge in [-0.25, -0.2) is 0 Å². The number of aliphatic imine (C=N–C) groups is 1. The first-order valence-electron chi connectivity index (χ1n) is 8.44. The summed E-state index contributed by atoms with van der Waals surface area (Å²) in [5.41, 5.74) is 0. The Bertz CT molecular complexity index is 287. The lowest BCUT2D eigenvalue weighted by Gasteiger charge is -2.15. The van der Waals surface area contributed by atoms with Gasteiger partial charge in [0.1, 0.15) is 0 Å². The van der Waals surface area contributed by atoms with E-state index in [0.717, 1.165) is 31.6 Å². The predicted molar refractivity (Wildman–Crippen MR) is 99.6 cm³/mol. The van der Waals surface area contributed by atoms with Crippen molar-refractivity contribution in [2.24, 2.45) is 10.9 Å². The molecular weight excluding hydrogens is 377 g/mol. The monoisotopic (exact) mass is 409 g/mol. The molecule has 1 saturated carbocycles. The molecule has 1 aliphatic heterocycles. The molecule has 1 unspecified atom stereocenters. The fourth-order valence-corrected chi connectivity index (χ4v) is 3.30. The van der Waals surface area contributed by atoms with E-state index in [1.54, 1.807) is 0 Å². The van der Waals surface area contributed by atoms with Crippen LogP contribution in [0.15, 0.2) is 4.99 Å². The quantitative estimate of drug-likeness (QED) is 0.294. The number of unbranched alkanes of at least 4 members (excludes halogenated alkanes) is 1. The van der Waals surface area contributed by atoms with E-state index >= 15 is 0 Å². The van der Waals surface area contributed by atoms with Crippen molar-refractivity contribution in [3.05, 3.63) is 0 Å². The summed E-state index contributed by atoms with van der Waals surface area (Å²) in [5.74, 6) is 1.94. The second-order valence-electron chi connectivity index (χ2n) is 6.16. The number of ether oxygens (including phenoxy) is 1. The van der Waals surface area contributed by atoms with Crippen LogP contribution in [0.1, 0.15) is 57.8 Å². The molecule has 0 aromatic rings. The van der Waals surface area contributed by atoms with Crippen LogP contribution in [-0.4, -0.2) is 38.8 Å². The van der Waals surface area contributed by atoms with E-state index in [1.165, 1.54) is 57.8 Å². The van der Waals surface area contributed by atoms with Crippen molar-refractivity contribution < 1.29 is 4.74 Å². The van der Waals surface area contributed by atoms with Crippen molar-refractivity contribution in [3.63, 3.8) is 0 Å². The van der Waals surface area contributed by atoms with Gasteiger partial charge in [0.05, 0.1) is 6.10 Å². The molecule has 5 heteroatoms. The molecule has 0 bridgehead atoms. The summed E-state index contributed by atoms with van der Waals surface area (Å²) < 4.78 is 5.60. The van der Waals surface area contributed by atoms with Crippen molar-refractivity contribution in [1.82, 2.24) is 10.6 Å². The van der Waals surface area contributed by atoms with Crippen LogP contribution in [-0.2, 0) is 4.74 Å². The largest absolute Gasteiger partial charge is 0.376 e. The van der Waals surface area contributed by atoms with Gasteiger partial charge in [-0.15, -0.1) is 24.0 Å². The van der Waals surface area contributed by atoms with Crippen molar-refractivity contribution in [2.45, 2.75) is 63.9 Å². The number of rotatable bonds is 7. The Balaban J connectivity index is 0.00000220. The van der Waals surface area contributed by atoms with Crippen LogP contribution < -0.4 is 10.6 Å². The number of halogens is 1. The van der Waals surface area contributed by atoms with Crippen molar-refractivity contribution >= 4 is 29.9 Å². The van der Waals surface area contributed by atoms with E-state index in [-0.39, 0.29) is 24.0 Å². The molecule has 124 valence electrons. The van der Waals surface area contributed by atoms with E-state index in [0.29, 0.717) is 6.10 Å². The zero-order valence-electron chi connectivity index (χ0n) is 13.4. The third kappa shape index (κ3) is 7.68. The van der Waals surface area contributed by atoms with E-state index in [1.807, 2.05) is 7.05 Å². The highest BCUT2D eigenvalue weighted by molar-refractivity contribution is 14.0. The molecule has 0 spiro atoms. The van der Waals surface area contributed by atoms with E-state index in [9.17, 15) is 0 Å². The van der Waals surface area contributed by atoms with Gasteiger partial charge < -0.3 is 15.4 Å². The maximum atomic E-state index is 5.60. The van der Waals surface area contributed by atoms with Gasteiger partial charge in [0, 0.05) is 26.7 Å². The fraction of sp³-hybridized carbons (Fsp3) is 0.938. The molecule has 2 N–H and O–H groups in total. The van der Waals surface area contributed by atoms with Gasteiger partial charge >= 0.3 is 0 Å². The van der Waals surface area contributed by atoms with Crippen LogP contribution in [0.5, 0.6) is 0 Å². The van der Waals surface area contributed by atoms with Crippen LogP contribution in [0.3, 0.4) is 0 Å². The third-order valence-electron chi connectivity index (χ3n) is 4.55. The Hall–Kier alpha value is -0.0400. The third-order valence-corrected chi connectivity index (χ3v) is 4.55. The van der Waals surface area contributed by atoms with E-state index in [4.69, 9.17) is 4.74 Å². The van der Waals surface area contributed by atoms with Crippen LogP contribution in [0, 0.1) is 5.92 Å². The minimum Gasteiger partial charge on any atom is -0.376 e. The summed E-state index contributed by atoms with van der Waals surface area (Å²) in [5, 5.41) is 6.76. The molecule has 1 aliphatic carbocycles. The molecule has 1 atom stereocenters. The molecule has 2 rings (SSSR count). The lowest BCUT2D eigenvalue weighted by Crippen LogP contribution is -2.41. The highest BCUT2D eigenvalue weighted by atomic mass is 127. The topological polar surface area (TPSA) is 45.7 Å². The minimum absolute atomic E-state index is 0. The molecule has 1 heterocycles. The second-order valence-corrected chi connectivity index (χ2v) is 6.16. The summed E-state index contributed by atoms with van der Waals surface area (Å²) in [4.78, 5) is 4.26. The normalized spacial score (nSPS) is 23.1. The standard InChI is InChI=1S/C16H31N3O.HI/c1-17-16(19-13-15-10-6-12-20-15)18-11-5-4-9-14-7-2-3-8-14;/h14-15H,2-13H2,1H3,(H2,17,18,19);1H. The molecule has 1 saturated heterocycles. The van der Waals surface area contributed by atoms with Crippen molar-refractivity contribution in [1.29, 1.82) is 0 Å². The summed E-state index contributed by atoms with van der Waals surface area (Å²) >= 11 is 0. The predicted octanol–water partition coefficient (Wildman–Crippen LogP) is 3.31. The zero-order valence-corrected chi connectivity index (χ0v) is 15.7. The molecule has 0 amide bonds. The number of nitrogens with one attached hydrogen (secondary N) is 2.